The van der Waals surface area contributed by atoms with Gasteiger partial charge in [0.05, 0.1) is 21.9 Å². The largest absolute Gasteiger partial charge is 0.321 e. The van der Waals surface area contributed by atoms with E-state index in [1.165, 1.54) is 40.5 Å². The van der Waals surface area contributed by atoms with Gasteiger partial charge in [-0.15, -0.1) is 11.3 Å². The highest BCUT2D eigenvalue weighted by Gasteiger charge is 2.44. The Bertz CT molecular complexity index is 1320. The predicted octanol–water partition coefficient (Wildman–Crippen LogP) is 3.02. The summed E-state index contributed by atoms with van der Waals surface area (Å²) < 4.78 is 23.0. The molecule has 3 amide bonds. The molecule has 2 aromatic carbocycles. The molecule has 2 N–H and O–H groups in total. The lowest BCUT2D eigenvalue weighted by Gasteiger charge is -2.27. The van der Waals surface area contributed by atoms with Crippen LogP contribution in [0.1, 0.15) is 21.7 Å². The number of amides is 3. The highest BCUT2D eigenvalue weighted by atomic mass is 35.5. The number of carbonyl (C=O) groups excluding carboxylic acids is 3. The zero-order valence-electron chi connectivity index (χ0n) is 17.0. The molecule has 0 radical (unpaired) electrons. The van der Waals surface area contributed by atoms with Crippen LogP contribution in [0.15, 0.2) is 70.9 Å². The molecule has 1 saturated heterocycles. The minimum atomic E-state index is -3.92. The normalized spacial score (nSPS) is 16.3. The molecule has 3 aromatic rings. The first-order chi connectivity index (χ1) is 15.7. The van der Waals surface area contributed by atoms with Crippen molar-refractivity contribution in [3.8, 4) is 0 Å². The number of nitrogens with two attached hydrogens (primary N) is 1. The van der Waals surface area contributed by atoms with Gasteiger partial charge in [-0.3, -0.25) is 14.4 Å². The van der Waals surface area contributed by atoms with E-state index < -0.39 is 27.9 Å². The Balaban J connectivity index is 1.67. The van der Waals surface area contributed by atoms with E-state index in [-0.39, 0.29) is 29.5 Å². The van der Waals surface area contributed by atoms with E-state index in [9.17, 15) is 22.8 Å². The SMILES string of the molecule is NS(=O)(=O)c1ccc(N2C(=O)CC(N(Cc3ccccc3Cl)C(=O)c3cccs3)C2=O)cc1. The van der Waals surface area contributed by atoms with Crippen molar-refractivity contribution in [2.24, 2.45) is 5.14 Å². The zero-order valence-corrected chi connectivity index (χ0v) is 19.4. The van der Waals surface area contributed by atoms with Crippen LogP contribution in [0, 0.1) is 0 Å². The fraction of sp³-hybridized carbons (Fsp3) is 0.136. The van der Waals surface area contributed by atoms with E-state index in [2.05, 4.69) is 0 Å². The molecule has 1 aliphatic rings. The smallest absolute Gasteiger partial charge is 0.264 e. The van der Waals surface area contributed by atoms with Gasteiger partial charge < -0.3 is 4.90 Å². The standard InChI is InChI=1S/C22H18ClN3O5S2/c23-17-5-2-1-4-14(17)13-25(22(29)19-6-3-11-32-19)18-12-20(27)26(21(18)28)15-7-9-16(10-8-15)33(24,30)31/h1-11,18H,12-13H2,(H2,24,30,31). The van der Waals surface area contributed by atoms with Crippen molar-refractivity contribution in [1.29, 1.82) is 0 Å². The van der Waals surface area contributed by atoms with Crippen LogP contribution in [0.5, 0.6) is 0 Å². The van der Waals surface area contributed by atoms with Crippen molar-refractivity contribution in [3.05, 3.63) is 81.5 Å². The summed E-state index contributed by atoms with van der Waals surface area (Å²) in [5.74, 6) is -1.47. The molecule has 11 heteroatoms. The molecule has 0 aliphatic carbocycles. The maximum absolute atomic E-state index is 13.3. The Morgan fingerprint density at radius 1 is 1.09 bits per heavy atom. The van der Waals surface area contributed by atoms with Gasteiger partial charge >= 0.3 is 0 Å². The molecule has 1 unspecified atom stereocenters. The first-order valence-electron chi connectivity index (χ1n) is 9.74. The molecule has 0 spiro atoms. The lowest BCUT2D eigenvalue weighted by Crippen LogP contribution is -2.45. The Labute approximate surface area is 199 Å². The number of benzene rings is 2. The fourth-order valence-corrected chi connectivity index (χ4v) is 4.98. The monoisotopic (exact) mass is 503 g/mol. The third-order valence-electron chi connectivity index (χ3n) is 5.21. The van der Waals surface area contributed by atoms with Gasteiger partial charge in [-0.2, -0.15) is 0 Å². The van der Waals surface area contributed by atoms with Crippen molar-refractivity contribution in [3.63, 3.8) is 0 Å². The number of hydrogen-bond acceptors (Lipinski definition) is 6. The van der Waals surface area contributed by atoms with Gasteiger partial charge in [0.2, 0.25) is 15.9 Å². The van der Waals surface area contributed by atoms with Gasteiger partial charge in [-0.25, -0.2) is 18.5 Å². The molecule has 2 heterocycles. The number of primary sulfonamides is 1. The average Bonchev–Trinajstić information content (AvgIpc) is 3.41. The minimum Gasteiger partial charge on any atom is -0.321 e. The molecule has 0 bridgehead atoms. The molecule has 0 saturated carbocycles. The zero-order chi connectivity index (χ0) is 23.8. The summed E-state index contributed by atoms with van der Waals surface area (Å²) in [5.41, 5.74) is 0.835. The van der Waals surface area contributed by atoms with Gasteiger partial charge in [-0.1, -0.05) is 35.9 Å². The van der Waals surface area contributed by atoms with E-state index in [1.54, 1.807) is 41.8 Å². The van der Waals surface area contributed by atoms with E-state index >= 15 is 0 Å². The molecule has 170 valence electrons. The summed E-state index contributed by atoms with van der Waals surface area (Å²) in [7, 11) is -3.92. The number of thiophene rings is 1. The highest BCUT2D eigenvalue weighted by Crippen LogP contribution is 2.30. The van der Waals surface area contributed by atoms with Gasteiger partial charge in [0.1, 0.15) is 6.04 Å². The maximum Gasteiger partial charge on any atom is 0.264 e. The van der Waals surface area contributed by atoms with Gasteiger partial charge in [-0.05, 0) is 47.3 Å². The fourth-order valence-electron chi connectivity index (χ4n) is 3.59. The molecular weight excluding hydrogens is 486 g/mol. The summed E-state index contributed by atoms with van der Waals surface area (Å²) in [6, 6.07) is 14.4. The van der Waals surface area contributed by atoms with Crippen LogP contribution in [-0.4, -0.2) is 37.1 Å². The molecule has 1 fully saturated rings. The third kappa shape index (κ3) is 4.69. The van der Waals surface area contributed by atoms with Crippen LogP contribution in [0.4, 0.5) is 5.69 Å². The van der Waals surface area contributed by atoms with Crippen molar-refractivity contribution < 1.29 is 22.8 Å². The number of nitrogens with zero attached hydrogens (tertiary/aromatic N) is 2. The number of sulfonamides is 1. The average molecular weight is 504 g/mol. The van der Waals surface area contributed by atoms with E-state index in [4.69, 9.17) is 16.7 Å². The Kier molecular flexibility index (Phi) is 6.35. The Morgan fingerprint density at radius 3 is 2.39 bits per heavy atom. The van der Waals surface area contributed by atoms with Gasteiger partial charge in [0.25, 0.3) is 11.8 Å². The molecular formula is C22H18ClN3O5S2. The minimum absolute atomic E-state index is 0.0400. The number of imide groups is 1. The van der Waals surface area contributed by atoms with Crippen LogP contribution in [0.2, 0.25) is 5.02 Å². The number of halogens is 1. The number of carbonyl (C=O) groups is 3. The molecule has 1 aromatic heterocycles. The molecule has 8 nitrogen and oxygen atoms in total. The predicted molar refractivity (Wildman–Crippen MR) is 124 cm³/mol. The van der Waals surface area contributed by atoms with E-state index in [0.29, 0.717) is 15.5 Å². The highest BCUT2D eigenvalue weighted by molar-refractivity contribution is 7.89. The topological polar surface area (TPSA) is 118 Å². The van der Waals surface area contributed by atoms with E-state index in [0.717, 1.165) is 4.90 Å². The quantitative estimate of drug-likeness (QED) is 0.519. The second kappa shape index (κ2) is 9.06. The van der Waals surface area contributed by atoms with Gasteiger partial charge in [0, 0.05) is 11.6 Å². The summed E-state index contributed by atoms with van der Waals surface area (Å²) in [6.45, 7) is 0.0400. The van der Waals surface area contributed by atoms with Gasteiger partial charge in [0.15, 0.2) is 0 Å². The second-order valence-electron chi connectivity index (χ2n) is 7.33. The maximum atomic E-state index is 13.3. The molecule has 33 heavy (non-hydrogen) atoms. The van der Waals surface area contributed by atoms with Crippen LogP contribution in [-0.2, 0) is 26.2 Å². The first kappa shape index (κ1) is 23.1. The van der Waals surface area contributed by atoms with Crippen molar-refractivity contribution in [2.45, 2.75) is 23.9 Å². The van der Waals surface area contributed by atoms with Crippen LogP contribution < -0.4 is 10.0 Å². The molecule has 1 atom stereocenters. The summed E-state index contributed by atoms with van der Waals surface area (Å²) in [5, 5.41) is 7.30. The third-order valence-corrected chi connectivity index (χ3v) is 7.37. The van der Waals surface area contributed by atoms with Crippen molar-refractivity contribution in [2.75, 3.05) is 4.90 Å². The molecule has 4 rings (SSSR count). The summed E-state index contributed by atoms with van der Waals surface area (Å²) >= 11 is 7.52. The second-order valence-corrected chi connectivity index (χ2v) is 10.2. The van der Waals surface area contributed by atoms with Crippen LogP contribution in [0.3, 0.4) is 0 Å². The Hall–Kier alpha value is -3.05. The Morgan fingerprint density at radius 2 is 1.79 bits per heavy atom. The van der Waals surface area contributed by atoms with Crippen molar-refractivity contribution in [1.82, 2.24) is 4.90 Å². The first-order valence-corrected chi connectivity index (χ1v) is 12.5. The van der Waals surface area contributed by atoms with Crippen LogP contribution >= 0.6 is 22.9 Å². The number of anilines is 1. The van der Waals surface area contributed by atoms with E-state index in [1.807, 2.05) is 0 Å². The number of rotatable bonds is 6. The summed E-state index contributed by atoms with van der Waals surface area (Å²) in [4.78, 5) is 42.0. The van der Waals surface area contributed by atoms with Crippen molar-refractivity contribution >= 4 is 56.4 Å². The lowest BCUT2D eigenvalue weighted by atomic mass is 10.1. The lowest BCUT2D eigenvalue weighted by molar-refractivity contribution is -0.122. The van der Waals surface area contributed by atoms with Crippen LogP contribution in [0.25, 0.3) is 0 Å². The summed E-state index contributed by atoms with van der Waals surface area (Å²) in [6.07, 6.45) is -0.211. The number of hydrogen-bond donors (Lipinski definition) is 1. The molecule has 1 aliphatic heterocycles.